The molecule has 2 heterocycles. The Morgan fingerprint density at radius 2 is 2.75 bits per heavy atom. The monoisotopic (exact) mass is 123 g/mol. The van der Waals surface area contributed by atoms with E-state index in [0.717, 1.165) is 4.96 Å². The summed E-state index contributed by atoms with van der Waals surface area (Å²) in [6.45, 7) is 0. The molecule has 0 unspecified atom stereocenters. The third kappa shape index (κ3) is 0.376. The lowest BCUT2D eigenvalue weighted by atomic mass is 11.0. The van der Waals surface area contributed by atoms with Crippen LogP contribution in [0.5, 0.6) is 0 Å². The van der Waals surface area contributed by atoms with Gasteiger partial charge in [0.05, 0.1) is 6.20 Å². The summed E-state index contributed by atoms with van der Waals surface area (Å²) in [5.41, 5.74) is 2.68. The standard InChI is InChI=1S/C4HN3S/c1-2-7-4(5-1)8-3-6-7/h1H. The van der Waals surface area contributed by atoms with E-state index < -0.39 is 0 Å². The van der Waals surface area contributed by atoms with Crippen LogP contribution >= 0.6 is 11.3 Å². The highest BCUT2D eigenvalue weighted by Crippen LogP contribution is 2.01. The molecule has 2 rings (SSSR count). The first kappa shape index (κ1) is 4.03. The Hall–Kier alpha value is -0.900. The van der Waals surface area contributed by atoms with Crippen molar-refractivity contribution >= 4 is 16.3 Å². The van der Waals surface area contributed by atoms with Gasteiger partial charge < -0.3 is 0 Å². The summed E-state index contributed by atoms with van der Waals surface area (Å²) in [5.74, 6) is 0. The zero-order valence-corrected chi connectivity index (χ0v) is 4.64. The van der Waals surface area contributed by atoms with Gasteiger partial charge in [-0.3, -0.25) is 0 Å². The van der Waals surface area contributed by atoms with E-state index in [4.69, 9.17) is 0 Å². The fourth-order valence-corrected chi connectivity index (χ4v) is 0.982. The number of rotatable bonds is 0. The second kappa shape index (κ2) is 1.29. The lowest BCUT2D eigenvalue weighted by molar-refractivity contribution is 0.961. The molecule has 0 aliphatic heterocycles. The molecule has 4 heteroatoms. The van der Waals surface area contributed by atoms with E-state index in [0.29, 0.717) is 0 Å². The van der Waals surface area contributed by atoms with Crippen LogP contribution < -0.4 is 0 Å². The maximum absolute atomic E-state index is 3.91. The van der Waals surface area contributed by atoms with Gasteiger partial charge in [0.15, 0.2) is 5.51 Å². The molecule has 0 amide bonds. The molecular formula is C4HN3S. The quantitative estimate of drug-likeness (QED) is 0.507. The van der Waals surface area contributed by atoms with Crippen LogP contribution in [0.1, 0.15) is 0 Å². The van der Waals surface area contributed by atoms with Crippen LogP contribution in [0, 0.1) is 11.7 Å². The highest BCUT2D eigenvalue weighted by atomic mass is 32.1. The second-order valence-corrected chi connectivity index (χ2v) is 2.03. The Morgan fingerprint density at radius 1 is 1.75 bits per heavy atom. The van der Waals surface area contributed by atoms with Crippen LogP contribution in [0.4, 0.5) is 0 Å². The number of hydrogen-bond acceptors (Lipinski definition) is 3. The lowest BCUT2D eigenvalue weighted by Gasteiger charge is -1.68. The minimum atomic E-state index is 0.838. The van der Waals surface area contributed by atoms with Crippen molar-refractivity contribution in [2.75, 3.05) is 0 Å². The zero-order chi connectivity index (χ0) is 5.40. The first-order valence-electron chi connectivity index (χ1n) is 2.05. The van der Waals surface area contributed by atoms with E-state index in [-0.39, 0.29) is 0 Å². The molecule has 3 nitrogen and oxygen atoms in total. The highest BCUT2D eigenvalue weighted by molar-refractivity contribution is 7.14. The molecule has 0 saturated heterocycles. The first-order chi connectivity index (χ1) is 3.97. The molecule has 0 N–H and O–H groups in total. The predicted octanol–water partition coefficient (Wildman–Crippen LogP) is 0.391. The average molecular weight is 123 g/mol. The highest BCUT2D eigenvalue weighted by Gasteiger charge is 1.91. The first-order valence-corrected chi connectivity index (χ1v) is 2.87. The van der Waals surface area contributed by atoms with Crippen LogP contribution in [0.25, 0.3) is 4.96 Å². The van der Waals surface area contributed by atoms with Crippen molar-refractivity contribution in [1.29, 1.82) is 0 Å². The van der Waals surface area contributed by atoms with Crippen LogP contribution in [-0.4, -0.2) is 14.6 Å². The van der Waals surface area contributed by atoms with E-state index >= 15 is 0 Å². The molecule has 0 bridgehead atoms. The maximum Gasteiger partial charge on any atom is 0.213 e. The van der Waals surface area contributed by atoms with Crippen molar-refractivity contribution < 1.29 is 0 Å². The van der Waals surface area contributed by atoms with E-state index in [2.05, 4.69) is 21.8 Å². The number of aromatic nitrogens is 3. The van der Waals surface area contributed by atoms with Gasteiger partial charge in [0.1, 0.15) is 6.20 Å². The molecule has 0 saturated carbocycles. The van der Waals surface area contributed by atoms with Crippen LogP contribution in [0.3, 0.4) is 0 Å². The molecule has 0 aromatic carbocycles. The number of nitrogens with zero attached hydrogens (tertiary/aromatic N) is 3. The SMILES string of the molecule is [c]1nn2[c]cnc2s1. The fraction of sp³-hybridized carbons (Fsp3) is 0. The number of fused-ring (bicyclic) bond motifs is 1. The van der Waals surface area contributed by atoms with E-state index in [1.807, 2.05) is 0 Å². The summed E-state index contributed by atoms with van der Waals surface area (Å²) < 4.78 is 1.56. The minimum Gasteiger partial charge on any atom is -0.225 e. The van der Waals surface area contributed by atoms with E-state index in [1.54, 1.807) is 10.7 Å². The molecular weight excluding hydrogens is 122 g/mol. The number of imidazole rings is 1. The van der Waals surface area contributed by atoms with Crippen molar-refractivity contribution in [2.24, 2.45) is 0 Å². The molecule has 38 valence electrons. The Bertz CT molecular complexity index is 233. The largest absolute Gasteiger partial charge is 0.225 e. The smallest absolute Gasteiger partial charge is 0.213 e. The Kier molecular flexibility index (Phi) is 0.648. The van der Waals surface area contributed by atoms with Crippen molar-refractivity contribution in [3.05, 3.63) is 17.9 Å². The van der Waals surface area contributed by atoms with E-state index in [9.17, 15) is 0 Å². The lowest BCUT2D eigenvalue weighted by Crippen LogP contribution is -1.75. The van der Waals surface area contributed by atoms with Crippen LogP contribution in [-0.2, 0) is 0 Å². The molecule has 0 aliphatic carbocycles. The van der Waals surface area contributed by atoms with Gasteiger partial charge in [-0.2, -0.15) is 5.10 Å². The maximum atomic E-state index is 3.91. The van der Waals surface area contributed by atoms with Crippen molar-refractivity contribution in [3.8, 4) is 0 Å². The topological polar surface area (TPSA) is 30.2 Å². The van der Waals surface area contributed by atoms with Gasteiger partial charge in [0, 0.05) is 0 Å². The molecule has 0 atom stereocenters. The van der Waals surface area contributed by atoms with Gasteiger partial charge in [-0.15, -0.1) is 0 Å². The zero-order valence-electron chi connectivity index (χ0n) is 3.83. The third-order valence-corrected chi connectivity index (χ3v) is 1.45. The second-order valence-electron chi connectivity index (χ2n) is 1.28. The molecule has 0 spiro atoms. The van der Waals surface area contributed by atoms with Crippen LogP contribution in [0.2, 0.25) is 0 Å². The fourth-order valence-electron chi connectivity index (χ4n) is 0.492. The Morgan fingerprint density at radius 3 is 3.62 bits per heavy atom. The third-order valence-electron chi connectivity index (χ3n) is 0.814. The Labute approximate surface area is 49.6 Å². The van der Waals surface area contributed by atoms with Gasteiger partial charge in [0.25, 0.3) is 0 Å². The van der Waals surface area contributed by atoms with Crippen molar-refractivity contribution in [3.63, 3.8) is 0 Å². The van der Waals surface area contributed by atoms with E-state index in [1.165, 1.54) is 11.3 Å². The minimum absolute atomic E-state index is 0.838. The Balaban J connectivity index is 3.06. The summed E-state index contributed by atoms with van der Waals surface area (Å²) in [4.78, 5) is 4.75. The summed E-state index contributed by atoms with van der Waals surface area (Å²) >= 11 is 1.38. The van der Waals surface area contributed by atoms with Crippen LogP contribution in [0.15, 0.2) is 6.20 Å². The van der Waals surface area contributed by atoms with Gasteiger partial charge in [0.2, 0.25) is 4.96 Å². The van der Waals surface area contributed by atoms with Gasteiger partial charge in [-0.1, -0.05) is 11.3 Å². The average Bonchev–Trinajstić information content (AvgIpc) is 2.15. The summed E-state index contributed by atoms with van der Waals surface area (Å²) in [6, 6.07) is 0. The van der Waals surface area contributed by atoms with Gasteiger partial charge >= 0.3 is 0 Å². The number of hydrogen-bond donors (Lipinski definition) is 0. The predicted molar refractivity (Wildman–Crippen MR) is 28.5 cm³/mol. The van der Waals surface area contributed by atoms with Crippen molar-refractivity contribution in [1.82, 2.24) is 14.6 Å². The summed E-state index contributed by atoms with van der Waals surface area (Å²) in [5, 5.41) is 3.77. The molecule has 8 heavy (non-hydrogen) atoms. The molecule has 2 aromatic heterocycles. The summed E-state index contributed by atoms with van der Waals surface area (Å²) in [6.07, 6.45) is 4.36. The molecule has 2 radical (unpaired) electrons. The van der Waals surface area contributed by atoms with Gasteiger partial charge in [-0.05, 0) is 0 Å². The molecule has 2 aromatic rings. The van der Waals surface area contributed by atoms with Crippen molar-refractivity contribution in [2.45, 2.75) is 0 Å². The van der Waals surface area contributed by atoms with Gasteiger partial charge in [-0.25, -0.2) is 9.50 Å². The normalized spacial score (nSPS) is 10.5. The molecule has 0 aliphatic rings. The molecule has 0 fully saturated rings. The summed E-state index contributed by atoms with van der Waals surface area (Å²) in [7, 11) is 0.